The van der Waals surface area contributed by atoms with E-state index in [1.807, 2.05) is 0 Å². The molecule has 1 aromatic carbocycles. The molecule has 27 heavy (non-hydrogen) atoms. The third-order valence-electron chi connectivity index (χ3n) is 4.18. The maximum absolute atomic E-state index is 13.0. The van der Waals surface area contributed by atoms with Crippen LogP contribution in [0.25, 0.3) is 0 Å². The van der Waals surface area contributed by atoms with E-state index < -0.39 is 38.7 Å². The van der Waals surface area contributed by atoms with Crippen LogP contribution in [0.2, 0.25) is 0 Å². The van der Waals surface area contributed by atoms with Gasteiger partial charge in [-0.3, -0.25) is 4.79 Å². The molecule has 10 heteroatoms. The molecule has 0 saturated carbocycles. The number of rotatable bonds is 5. The van der Waals surface area contributed by atoms with Crippen LogP contribution in [0.1, 0.15) is 18.9 Å². The molecule has 146 valence electrons. The summed E-state index contributed by atoms with van der Waals surface area (Å²) in [4.78, 5) is 13.9. The first-order valence-corrected chi connectivity index (χ1v) is 9.95. The molecule has 0 bridgehead atoms. The van der Waals surface area contributed by atoms with E-state index in [2.05, 4.69) is 5.32 Å². The third kappa shape index (κ3) is 5.23. The van der Waals surface area contributed by atoms with E-state index in [0.717, 1.165) is 12.1 Å². The van der Waals surface area contributed by atoms with Crippen LogP contribution < -0.4 is 5.32 Å². The minimum atomic E-state index is -4.66. The number of amides is 1. The fourth-order valence-electron chi connectivity index (χ4n) is 2.82. The van der Waals surface area contributed by atoms with Crippen molar-refractivity contribution in [3.63, 3.8) is 0 Å². The van der Waals surface area contributed by atoms with Crippen molar-refractivity contribution in [2.24, 2.45) is 0 Å². The van der Waals surface area contributed by atoms with Crippen LogP contribution in [0.5, 0.6) is 0 Å². The van der Waals surface area contributed by atoms with Crippen molar-refractivity contribution in [2.75, 3.05) is 23.4 Å². The van der Waals surface area contributed by atoms with Crippen LogP contribution in [-0.2, 0) is 20.8 Å². The van der Waals surface area contributed by atoms with Gasteiger partial charge in [-0.1, -0.05) is 12.1 Å². The summed E-state index contributed by atoms with van der Waals surface area (Å²) in [5, 5.41) is 11.4. The number of benzene rings is 1. The molecule has 1 aromatic rings. The lowest BCUT2D eigenvalue weighted by molar-refractivity contribution is -0.137. The first-order chi connectivity index (χ1) is 12.6. The van der Waals surface area contributed by atoms with Gasteiger partial charge in [0.1, 0.15) is 11.6 Å². The third-order valence-corrected chi connectivity index (χ3v) is 5.93. The highest BCUT2D eigenvalue weighted by Gasteiger charge is 2.34. The van der Waals surface area contributed by atoms with Gasteiger partial charge in [-0.2, -0.15) is 18.4 Å². The number of carbonyl (C=O) groups excluding carboxylic acids is 1. The van der Waals surface area contributed by atoms with Crippen LogP contribution in [0.3, 0.4) is 0 Å². The highest BCUT2D eigenvalue weighted by molar-refractivity contribution is 7.91. The van der Waals surface area contributed by atoms with Crippen molar-refractivity contribution in [3.8, 4) is 6.07 Å². The minimum Gasteiger partial charge on any atom is -0.372 e. The van der Waals surface area contributed by atoms with Crippen molar-refractivity contribution >= 4 is 21.4 Å². The molecule has 1 heterocycles. The Hall–Kier alpha value is -2.54. The maximum Gasteiger partial charge on any atom is 0.418 e. The fourth-order valence-corrected chi connectivity index (χ4v) is 4.57. The largest absolute Gasteiger partial charge is 0.418 e. The molecule has 0 aromatic heterocycles. The van der Waals surface area contributed by atoms with Crippen LogP contribution in [0.15, 0.2) is 36.0 Å². The summed E-state index contributed by atoms with van der Waals surface area (Å²) in [6.45, 7) is 2.07. The van der Waals surface area contributed by atoms with Crippen molar-refractivity contribution < 1.29 is 26.4 Å². The van der Waals surface area contributed by atoms with Gasteiger partial charge in [-0.05, 0) is 25.5 Å². The first-order valence-electron chi connectivity index (χ1n) is 8.13. The predicted octanol–water partition coefficient (Wildman–Crippen LogP) is 2.56. The Bertz CT molecular complexity index is 889. The van der Waals surface area contributed by atoms with Gasteiger partial charge in [0.15, 0.2) is 9.84 Å². The smallest absolute Gasteiger partial charge is 0.372 e. The zero-order valence-corrected chi connectivity index (χ0v) is 15.3. The van der Waals surface area contributed by atoms with Crippen molar-refractivity contribution in [1.82, 2.24) is 4.90 Å². The summed E-state index contributed by atoms with van der Waals surface area (Å²) in [5.41, 5.74) is -1.88. The van der Waals surface area contributed by atoms with Gasteiger partial charge in [0.25, 0.3) is 5.91 Å². The van der Waals surface area contributed by atoms with Crippen LogP contribution in [-0.4, -0.2) is 43.3 Å². The van der Waals surface area contributed by atoms with E-state index >= 15 is 0 Å². The summed E-state index contributed by atoms with van der Waals surface area (Å²) >= 11 is 0. The molecule has 1 aliphatic rings. The molecule has 1 atom stereocenters. The summed E-state index contributed by atoms with van der Waals surface area (Å²) in [7, 11) is -3.16. The average molecular weight is 401 g/mol. The van der Waals surface area contributed by atoms with Gasteiger partial charge in [0.05, 0.1) is 22.8 Å². The Morgan fingerprint density at radius 1 is 1.41 bits per heavy atom. The summed E-state index contributed by atoms with van der Waals surface area (Å²) in [5.74, 6) is -1.06. The van der Waals surface area contributed by atoms with E-state index in [1.165, 1.54) is 18.3 Å². The van der Waals surface area contributed by atoms with Crippen molar-refractivity contribution in [3.05, 3.63) is 41.6 Å². The second kappa shape index (κ2) is 8.00. The predicted molar refractivity (Wildman–Crippen MR) is 93.2 cm³/mol. The molecule has 1 amide bonds. The number of hydrogen-bond donors (Lipinski definition) is 1. The molecule has 1 saturated heterocycles. The molecule has 1 fully saturated rings. The highest BCUT2D eigenvalue weighted by atomic mass is 32.2. The van der Waals surface area contributed by atoms with Gasteiger partial charge in [0, 0.05) is 18.8 Å². The average Bonchev–Trinajstić information content (AvgIpc) is 2.95. The molecule has 6 nitrogen and oxygen atoms in total. The molecule has 0 radical (unpaired) electrons. The number of anilines is 1. The lowest BCUT2D eigenvalue weighted by Crippen LogP contribution is -2.32. The second-order valence-electron chi connectivity index (χ2n) is 6.04. The number of sulfone groups is 1. The highest BCUT2D eigenvalue weighted by Crippen LogP contribution is 2.34. The SMILES string of the molecule is CCN(/C=C(/C#N)C(=O)Nc1ccccc1C(F)(F)F)C1CCS(=O)(=O)C1. The zero-order chi connectivity index (χ0) is 20.2. The van der Waals surface area contributed by atoms with Crippen molar-refractivity contribution in [1.29, 1.82) is 5.26 Å². The van der Waals surface area contributed by atoms with E-state index in [-0.39, 0.29) is 17.5 Å². The Morgan fingerprint density at radius 2 is 2.07 bits per heavy atom. The topological polar surface area (TPSA) is 90.3 Å². The van der Waals surface area contributed by atoms with Gasteiger partial charge in [0.2, 0.25) is 0 Å². The molecule has 2 rings (SSSR count). The fraction of sp³-hybridized carbons (Fsp3) is 0.412. The number of hydrogen-bond acceptors (Lipinski definition) is 5. The number of para-hydroxylation sites is 1. The van der Waals surface area contributed by atoms with Crippen LogP contribution in [0, 0.1) is 11.3 Å². The van der Waals surface area contributed by atoms with Crippen LogP contribution in [0.4, 0.5) is 18.9 Å². The first kappa shape index (κ1) is 20.8. The number of nitrogens with one attached hydrogen (secondary N) is 1. The number of nitrogens with zero attached hydrogens (tertiary/aromatic N) is 2. The maximum atomic E-state index is 13.0. The number of alkyl halides is 3. The van der Waals surface area contributed by atoms with Gasteiger partial charge in [-0.25, -0.2) is 8.42 Å². The van der Waals surface area contributed by atoms with Gasteiger partial charge >= 0.3 is 6.18 Å². The van der Waals surface area contributed by atoms with Crippen LogP contribution >= 0.6 is 0 Å². The molecular weight excluding hydrogens is 383 g/mol. The molecule has 0 aliphatic carbocycles. The van der Waals surface area contributed by atoms with E-state index in [4.69, 9.17) is 0 Å². The van der Waals surface area contributed by atoms with Crippen molar-refractivity contribution in [2.45, 2.75) is 25.6 Å². The summed E-state index contributed by atoms with van der Waals surface area (Å²) in [6.07, 6.45) is -3.09. The lowest BCUT2D eigenvalue weighted by atomic mass is 10.1. The Morgan fingerprint density at radius 3 is 2.59 bits per heavy atom. The zero-order valence-electron chi connectivity index (χ0n) is 14.5. The molecule has 1 aliphatic heterocycles. The van der Waals surface area contributed by atoms with Gasteiger partial charge in [-0.15, -0.1) is 0 Å². The Labute approximate surface area is 155 Å². The van der Waals surface area contributed by atoms with E-state index in [0.29, 0.717) is 13.0 Å². The Kier molecular flexibility index (Phi) is 6.15. The lowest BCUT2D eigenvalue weighted by Gasteiger charge is -2.25. The minimum absolute atomic E-state index is 0.0229. The van der Waals surface area contributed by atoms with E-state index in [1.54, 1.807) is 17.9 Å². The normalized spacial score (nSPS) is 19.4. The second-order valence-corrected chi connectivity index (χ2v) is 8.27. The monoisotopic (exact) mass is 401 g/mol. The quantitative estimate of drug-likeness (QED) is 0.605. The summed E-state index contributed by atoms with van der Waals surface area (Å²) < 4.78 is 62.3. The summed E-state index contributed by atoms with van der Waals surface area (Å²) in [6, 6.07) is 5.74. The standard InChI is InChI=1S/C17H18F3N3O3S/c1-2-23(13-7-8-27(25,26)11-13)10-12(9-21)16(24)22-15-6-4-3-5-14(15)17(18,19)20/h3-6,10,13H,2,7-8,11H2,1H3,(H,22,24)/b12-10-. The number of halogens is 3. The molecule has 1 N–H and O–H groups in total. The van der Waals surface area contributed by atoms with Gasteiger partial charge < -0.3 is 10.2 Å². The number of carbonyl (C=O) groups is 1. The molecule has 0 spiro atoms. The Balaban J connectivity index is 2.24. The van der Waals surface area contributed by atoms with E-state index in [9.17, 15) is 31.6 Å². The molecule has 1 unspecified atom stereocenters. The number of nitriles is 1. The molecular formula is C17H18F3N3O3S.